The molecule has 11 heteroatoms. The second-order valence-electron chi connectivity index (χ2n) is 8.36. The molecule has 0 spiro atoms. The Hall–Kier alpha value is -3.63. The van der Waals surface area contributed by atoms with Crippen molar-refractivity contribution < 1.29 is 18.0 Å². The number of aryl methyl sites for hydroxylation is 1. The van der Waals surface area contributed by atoms with Crippen LogP contribution in [0.1, 0.15) is 47.4 Å². The van der Waals surface area contributed by atoms with Crippen LogP contribution >= 0.6 is 0 Å². The normalized spacial score (nSPS) is 19.2. The first-order valence-electron chi connectivity index (χ1n) is 10.7. The van der Waals surface area contributed by atoms with E-state index in [2.05, 4.69) is 25.7 Å². The van der Waals surface area contributed by atoms with Gasteiger partial charge in [-0.1, -0.05) is 6.07 Å². The molecule has 5 rings (SSSR count). The number of nitrogens with one attached hydrogen (secondary N) is 2. The highest BCUT2D eigenvalue weighted by atomic mass is 19.4. The van der Waals surface area contributed by atoms with Gasteiger partial charge in [-0.05, 0) is 44.7 Å². The van der Waals surface area contributed by atoms with E-state index in [1.165, 1.54) is 4.40 Å². The molecular weight excluding hydrogens is 435 g/mol. The minimum absolute atomic E-state index is 0.0199. The van der Waals surface area contributed by atoms with Crippen molar-refractivity contribution in [3.05, 3.63) is 59.8 Å². The number of alkyl halides is 3. The molecule has 1 aliphatic carbocycles. The van der Waals surface area contributed by atoms with Crippen molar-refractivity contribution in [3.8, 4) is 0 Å². The number of carbonyl (C=O) groups is 1. The van der Waals surface area contributed by atoms with Crippen LogP contribution in [0.5, 0.6) is 0 Å². The average Bonchev–Trinajstić information content (AvgIpc) is 3.38. The lowest BCUT2D eigenvalue weighted by atomic mass is 9.91. The molecule has 4 heterocycles. The quantitative estimate of drug-likeness (QED) is 0.486. The number of aromatic nitrogens is 5. The number of halogens is 3. The Balaban J connectivity index is 1.20. The Morgan fingerprint density at radius 2 is 1.85 bits per heavy atom. The third kappa shape index (κ3) is 4.35. The van der Waals surface area contributed by atoms with Crippen LogP contribution in [0.25, 0.3) is 11.3 Å². The summed E-state index contributed by atoms with van der Waals surface area (Å²) in [5.74, 6) is 0.369. The van der Waals surface area contributed by atoms with E-state index in [1.54, 1.807) is 35.1 Å². The summed E-state index contributed by atoms with van der Waals surface area (Å²) < 4.78 is 42.1. The zero-order chi connectivity index (χ0) is 23.2. The van der Waals surface area contributed by atoms with Crippen LogP contribution in [0.4, 0.5) is 19.0 Å². The minimum atomic E-state index is -4.49. The van der Waals surface area contributed by atoms with Gasteiger partial charge in [0, 0.05) is 36.7 Å². The van der Waals surface area contributed by atoms with Gasteiger partial charge in [0.1, 0.15) is 11.5 Å². The zero-order valence-electron chi connectivity index (χ0n) is 17.8. The summed E-state index contributed by atoms with van der Waals surface area (Å²) in [5.41, 5.74) is 1.28. The maximum absolute atomic E-state index is 13.0. The van der Waals surface area contributed by atoms with E-state index < -0.39 is 11.9 Å². The molecule has 1 amide bonds. The van der Waals surface area contributed by atoms with Gasteiger partial charge in [-0.2, -0.15) is 18.3 Å². The van der Waals surface area contributed by atoms with Gasteiger partial charge in [0.25, 0.3) is 5.91 Å². The predicted molar refractivity (Wildman–Crippen MR) is 115 cm³/mol. The summed E-state index contributed by atoms with van der Waals surface area (Å²) in [6, 6.07) is 6.91. The number of imidazole rings is 1. The largest absolute Gasteiger partial charge is 0.434 e. The summed E-state index contributed by atoms with van der Waals surface area (Å²) in [5, 5.41) is 10.7. The number of anilines is 1. The van der Waals surface area contributed by atoms with Gasteiger partial charge in [-0.25, -0.2) is 14.5 Å². The first-order valence-corrected chi connectivity index (χ1v) is 10.7. The van der Waals surface area contributed by atoms with Gasteiger partial charge < -0.3 is 10.6 Å². The molecule has 2 N–H and O–H groups in total. The van der Waals surface area contributed by atoms with Crippen molar-refractivity contribution in [2.24, 2.45) is 0 Å². The maximum Gasteiger partial charge on any atom is 0.434 e. The number of amides is 1. The third-order valence-corrected chi connectivity index (χ3v) is 5.89. The summed E-state index contributed by atoms with van der Waals surface area (Å²) >= 11 is 0. The molecule has 4 aromatic heterocycles. The monoisotopic (exact) mass is 457 g/mol. The van der Waals surface area contributed by atoms with Crippen molar-refractivity contribution in [3.63, 3.8) is 0 Å². The third-order valence-electron chi connectivity index (χ3n) is 5.89. The maximum atomic E-state index is 13.0. The molecule has 0 aliphatic heterocycles. The standard InChI is InChI=1S/C22H22F3N7O/c1-13-9-20-26-10-14(11-32(20)30-13)21(33)28-16-7-5-15(6-8-16)27-18-3-2-4-19-29-17(12-31(18)19)22(23,24)25/h2-4,9-12,15-16,27H,5-8H2,1H3,(H,28,33)/t15-,16+. The second kappa shape index (κ2) is 8.05. The van der Waals surface area contributed by atoms with E-state index in [0.717, 1.165) is 37.6 Å². The van der Waals surface area contributed by atoms with E-state index in [1.807, 2.05) is 13.0 Å². The molecular formula is C22H22F3N7O. The Morgan fingerprint density at radius 3 is 2.61 bits per heavy atom. The number of fused-ring (bicyclic) bond motifs is 2. The van der Waals surface area contributed by atoms with Gasteiger partial charge in [0.05, 0.1) is 11.3 Å². The molecule has 33 heavy (non-hydrogen) atoms. The summed E-state index contributed by atoms with van der Waals surface area (Å²) in [6.45, 7) is 1.86. The second-order valence-corrected chi connectivity index (χ2v) is 8.36. The van der Waals surface area contributed by atoms with Crippen molar-refractivity contribution in [2.45, 2.75) is 50.9 Å². The Morgan fingerprint density at radius 1 is 1.09 bits per heavy atom. The van der Waals surface area contributed by atoms with Crippen molar-refractivity contribution in [1.29, 1.82) is 0 Å². The van der Waals surface area contributed by atoms with Crippen LogP contribution in [0, 0.1) is 6.92 Å². The predicted octanol–water partition coefficient (Wildman–Crippen LogP) is 3.86. The summed E-state index contributed by atoms with van der Waals surface area (Å²) in [7, 11) is 0. The fourth-order valence-corrected chi connectivity index (χ4v) is 4.24. The minimum Gasteiger partial charge on any atom is -0.368 e. The van der Waals surface area contributed by atoms with Crippen molar-refractivity contribution >= 4 is 23.0 Å². The first-order chi connectivity index (χ1) is 15.8. The fraction of sp³-hybridized carbons (Fsp3) is 0.364. The van der Waals surface area contributed by atoms with Crippen LogP contribution in [0.2, 0.25) is 0 Å². The smallest absolute Gasteiger partial charge is 0.368 e. The lowest BCUT2D eigenvalue weighted by Gasteiger charge is -2.30. The first kappa shape index (κ1) is 21.2. The molecule has 1 aliphatic rings. The molecule has 0 saturated heterocycles. The van der Waals surface area contributed by atoms with E-state index >= 15 is 0 Å². The highest BCUT2D eigenvalue weighted by Gasteiger charge is 2.34. The van der Waals surface area contributed by atoms with E-state index in [4.69, 9.17) is 0 Å². The number of hydrogen-bond acceptors (Lipinski definition) is 5. The summed E-state index contributed by atoms with van der Waals surface area (Å²) in [6.07, 6.45) is 2.79. The lowest BCUT2D eigenvalue weighted by molar-refractivity contribution is -0.140. The van der Waals surface area contributed by atoms with Crippen LogP contribution < -0.4 is 10.6 Å². The van der Waals surface area contributed by atoms with Gasteiger partial charge in [-0.15, -0.1) is 0 Å². The van der Waals surface area contributed by atoms with Crippen LogP contribution in [0.15, 0.2) is 42.9 Å². The molecule has 0 radical (unpaired) electrons. The molecule has 0 bridgehead atoms. The lowest BCUT2D eigenvalue weighted by Crippen LogP contribution is -2.40. The molecule has 8 nitrogen and oxygen atoms in total. The van der Waals surface area contributed by atoms with E-state index in [0.29, 0.717) is 17.0 Å². The summed E-state index contributed by atoms with van der Waals surface area (Å²) in [4.78, 5) is 20.6. The highest BCUT2D eigenvalue weighted by molar-refractivity contribution is 5.94. The number of pyridine rings is 1. The Labute approximate surface area is 186 Å². The van der Waals surface area contributed by atoms with E-state index in [-0.39, 0.29) is 23.6 Å². The Bertz CT molecular complexity index is 1320. The van der Waals surface area contributed by atoms with Crippen LogP contribution in [0.3, 0.4) is 0 Å². The topological polar surface area (TPSA) is 88.6 Å². The fourth-order valence-electron chi connectivity index (χ4n) is 4.24. The molecule has 0 atom stereocenters. The molecule has 0 aromatic carbocycles. The number of hydrogen-bond donors (Lipinski definition) is 2. The molecule has 172 valence electrons. The average molecular weight is 457 g/mol. The van der Waals surface area contributed by atoms with Gasteiger partial charge in [0.15, 0.2) is 11.3 Å². The van der Waals surface area contributed by atoms with Crippen molar-refractivity contribution in [1.82, 2.24) is 29.3 Å². The molecule has 4 aromatic rings. The number of rotatable bonds is 4. The SMILES string of the molecule is Cc1cc2ncc(C(=O)N[C@H]3CC[C@@H](Nc4cccc5nc(C(F)(F)F)cn45)CC3)cn2n1. The zero-order valence-corrected chi connectivity index (χ0v) is 17.8. The Kier molecular flexibility index (Phi) is 5.18. The van der Waals surface area contributed by atoms with Gasteiger partial charge >= 0.3 is 6.18 Å². The molecule has 1 fully saturated rings. The number of nitrogens with zero attached hydrogens (tertiary/aromatic N) is 5. The number of carbonyl (C=O) groups excluding carboxylic acids is 1. The van der Waals surface area contributed by atoms with Gasteiger partial charge in [-0.3, -0.25) is 9.20 Å². The molecule has 0 unspecified atom stereocenters. The van der Waals surface area contributed by atoms with Crippen LogP contribution in [-0.4, -0.2) is 42.0 Å². The van der Waals surface area contributed by atoms with E-state index in [9.17, 15) is 18.0 Å². The van der Waals surface area contributed by atoms with Crippen molar-refractivity contribution in [2.75, 3.05) is 5.32 Å². The van der Waals surface area contributed by atoms with Gasteiger partial charge in [0.2, 0.25) is 0 Å². The molecule has 1 saturated carbocycles. The van der Waals surface area contributed by atoms with Crippen LogP contribution in [-0.2, 0) is 6.18 Å². The highest BCUT2D eigenvalue weighted by Crippen LogP contribution is 2.30.